The van der Waals surface area contributed by atoms with Crippen molar-refractivity contribution in [3.63, 3.8) is 0 Å². The molecular weight excluding hydrogens is 537 g/mol. The zero-order valence-electron chi connectivity index (χ0n) is 20.8. The lowest BCUT2D eigenvalue weighted by Gasteiger charge is -2.24. The van der Waals surface area contributed by atoms with Crippen LogP contribution in [0.15, 0.2) is 60.9 Å². The monoisotopic (exact) mass is 561 g/mol. The van der Waals surface area contributed by atoms with Crippen molar-refractivity contribution < 1.29 is 9.53 Å². The van der Waals surface area contributed by atoms with Crippen LogP contribution in [-0.4, -0.2) is 45.3 Å². The number of nitrogens with zero attached hydrogens (tertiary/aromatic N) is 3. The molecule has 3 heterocycles. The molecule has 9 nitrogen and oxygen atoms in total. The number of anilines is 2. The van der Waals surface area contributed by atoms with E-state index < -0.39 is 0 Å². The van der Waals surface area contributed by atoms with Crippen molar-refractivity contribution in [2.24, 2.45) is 0 Å². The van der Waals surface area contributed by atoms with Crippen LogP contribution in [-0.2, 0) is 6.54 Å². The second kappa shape index (κ2) is 11.1. The number of aromatic amines is 1. The van der Waals surface area contributed by atoms with Crippen LogP contribution in [0.2, 0.25) is 10.0 Å². The van der Waals surface area contributed by atoms with Gasteiger partial charge in [0.2, 0.25) is 5.95 Å². The Morgan fingerprint density at radius 2 is 1.92 bits per heavy atom. The zero-order valence-corrected chi connectivity index (χ0v) is 22.3. The molecule has 0 spiro atoms. The number of carbonyl (C=O) groups excluding carboxylic acids is 1. The minimum atomic E-state index is -0.279. The van der Waals surface area contributed by atoms with Crippen LogP contribution in [0.4, 0.5) is 11.6 Å². The molecule has 198 valence electrons. The van der Waals surface area contributed by atoms with E-state index >= 15 is 0 Å². The van der Waals surface area contributed by atoms with Crippen molar-refractivity contribution in [3.05, 3.63) is 82.1 Å². The summed E-state index contributed by atoms with van der Waals surface area (Å²) in [6, 6.07) is 14.8. The van der Waals surface area contributed by atoms with Gasteiger partial charge in [0.05, 0.1) is 27.3 Å². The fourth-order valence-corrected chi connectivity index (χ4v) is 5.06. The number of piperidine rings is 1. The Morgan fingerprint density at radius 3 is 2.79 bits per heavy atom. The van der Waals surface area contributed by atoms with Crippen LogP contribution in [0.25, 0.3) is 21.8 Å². The number of hydrogen-bond acceptors (Lipinski definition) is 7. The minimum Gasteiger partial charge on any atom is -0.488 e. The predicted octanol–water partition coefficient (Wildman–Crippen LogP) is 5.62. The molecule has 1 fully saturated rings. The van der Waals surface area contributed by atoms with Crippen LogP contribution >= 0.6 is 23.2 Å². The van der Waals surface area contributed by atoms with E-state index in [-0.39, 0.29) is 18.6 Å². The molecule has 1 amide bonds. The average Bonchev–Trinajstić information content (AvgIpc) is 3.43. The number of H-pyrrole nitrogens is 1. The average molecular weight is 562 g/mol. The van der Waals surface area contributed by atoms with E-state index in [1.807, 2.05) is 30.3 Å². The topological polar surface area (TPSA) is 117 Å². The summed E-state index contributed by atoms with van der Waals surface area (Å²) in [5.74, 6) is 0.839. The fourth-order valence-electron chi connectivity index (χ4n) is 4.67. The summed E-state index contributed by atoms with van der Waals surface area (Å²) in [5, 5.41) is 19.0. The van der Waals surface area contributed by atoms with E-state index in [1.165, 1.54) is 0 Å². The number of fused-ring (bicyclic) bond motifs is 2. The van der Waals surface area contributed by atoms with E-state index in [0.717, 1.165) is 48.1 Å². The molecule has 0 unspecified atom stereocenters. The van der Waals surface area contributed by atoms with Gasteiger partial charge in [-0.3, -0.25) is 9.89 Å². The first kappa shape index (κ1) is 25.4. The summed E-state index contributed by atoms with van der Waals surface area (Å²) in [4.78, 5) is 22.5. The summed E-state index contributed by atoms with van der Waals surface area (Å²) in [7, 11) is 0. The van der Waals surface area contributed by atoms with Gasteiger partial charge in [-0.1, -0.05) is 47.5 Å². The van der Waals surface area contributed by atoms with Gasteiger partial charge < -0.3 is 20.7 Å². The molecule has 0 saturated carbocycles. The Balaban J connectivity index is 1.26. The number of carbonyl (C=O) groups is 1. The first-order chi connectivity index (χ1) is 19.0. The summed E-state index contributed by atoms with van der Waals surface area (Å²) >= 11 is 12.4. The summed E-state index contributed by atoms with van der Waals surface area (Å²) in [6.07, 6.45) is 5.43. The van der Waals surface area contributed by atoms with Gasteiger partial charge in [0.15, 0.2) is 0 Å². The quantitative estimate of drug-likeness (QED) is 0.204. The highest BCUT2D eigenvalue weighted by Crippen LogP contribution is 2.29. The van der Waals surface area contributed by atoms with Crippen molar-refractivity contribution in [1.82, 2.24) is 30.8 Å². The number of hydrogen-bond donors (Lipinski definition) is 4. The zero-order chi connectivity index (χ0) is 26.8. The SMILES string of the molecule is O=C(NCc1cccc(Cl)c1Cl)c1cc(Nc2ncc3cccc(OC4CCNCC4)c3n2)cc2[nH]ncc12. The third-order valence-electron chi connectivity index (χ3n) is 6.68. The maximum atomic E-state index is 13.2. The lowest BCUT2D eigenvalue weighted by atomic mass is 10.1. The lowest BCUT2D eigenvalue weighted by molar-refractivity contribution is 0.0952. The second-order valence-electron chi connectivity index (χ2n) is 9.33. The standard InChI is InChI=1S/C28H25Cl2N7O2/c29-22-5-1-3-16(25(22)30)13-32-27(38)20-11-18(12-23-21(20)15-34-37-23)35-28-33-14-17-4-2-6-24(26(17)36-28)39-19-7-9-31-10-8-19/h1-6,11-12,14-15,19,31H,7-10,13H2,(H,32,38)(H,34,37)(H,33,35,36). The molecule has 0 aliphatic carbocycles. The number of halogens is 2. The number of benzene rings is 3. The number of amides is 1. The lowest BCUT2D eigenvalue weighted by Crippen LogP contribution is -2.34. The smallest absolute Gasteiger partial charge is 0.252 e. The van der Waals surface area contributed by atoms with Crippen LogP contribution in [0.3, 0.4) is 0 Å². The summed E-state index contributed by atoms with van der Waals surface area (Å²) in [5.41, 5.74) is 3.22. The first-order valence-corrected chi connectivity index (χ1v) is 13.4. The van der Waals surface area contributed by atoms with Gasteiger partial charge in [-0.05, 0) is 55.8 Å². The molecular formula is C28H25Cl2N7O2. The highest BCUT2D eigenvalue weighted by atomic mass is 35.5. The molecule has 6 rings (SSSR count). The van der Waals surface area contributed by atoms with Gasteiger partial charge in [-0.2, -0.15) is 5.10 Å². The Labute approximate surface area is 234 Å². The van der Waals surface area contributed by atoms with Crippen LogP contribution in [0.5, 0.6) is 5.75 Å². The van der Waals surface area contributed by atoms with E-state index in [4.69, 9.17) is 32.9 Å². The van der Waals surface area contributed by atoms with Crippen molar-refractivity contribution >= 4 is 62.6 Å². The second-order valence-corrected chi connectivity index (χ2v) is 10.1. The third-order valence-corrected chi connectivity index (χ3v) is 7.54. The maximum Gasteiger partial charge on any atom is 0.252 e. The maximum absolute atomic E-state index is 13.2. The molecule has 0 bridgehead atoms. The molecule has 3 aromatic carbocycles. The summed E-state index contributed by atoms with van der Waals surface area (Å²) in [6.45, 7) is 2.10. The van der Waals surface area contributed by atoms with E-state index in [0.29, 0.717) is 38.1 Å². The molecule has 39 heavy (non-hydrogen) atoms. The van der Waals surface area contributed by atoms with Crippen LogP contribution < -0.4 is 20.7 Å². The number of ether oxygens (including phenoxy) is 1. The molecule has 1 saturated heterocycles. The highest BCUT2D eigenvalue weighted by Gasteiger charge is 2.18. The molecule has 0 atom stereocenters. The van der Waals surface area contributed by atoms with Gasteiger partial charge in [0.1, 0.15) is 17.4 Å². The Morgan fingerprint density at radius 1 is 1.08 bits per heavy atom. The molecule has 4 N–H and O–H groups in total. The Hall–Kier alpha value is -3.92. The molecule has 0 radical (unpaired) electrons. The van der Waals surface area contributed by atoms with Gasteiger partial charge in [-0.25, -0.2) is 9.97 Å². The number of para-hydroxylation sites is 1. The fraction of sp³-hybridized carbons (Fsp3) is 0.214. The van der Waals surface area contributed by atoms with Crippen molar-refractivity contribution in [2.75, 3.05) is 18.4 Å². The number of rotatable bonds is 7. The van der Waals surface area contributed by atoms with Crippen LogP contribution in [0, 0.1) is 0 Å². The van der Waals surface area contributed by atoms with Crippen LogP contribution in [0.1, 0.15) is 28.8 Å². The molecule has 5 aromatic rings. The highest BCUT2D eigenvalue weighted by molar-refractivity contribution is 6.42. The van der Waals surface area contributed by atoms with Gasteiger partial charge in [0.25, 0.3) is 5.91 Å². The van der Waals surface area contributed by atoms with Gasteiger partial charge in [-0.15, -0.1) is 0 Å². The Kier molecular flexibility index (Phi) is 7.19. The van der Waals surface area contributed by atoms with E-state index in [1.54, 1.807) is 30.6 Å². The predicted molar refractivity (Wildman–Crippen MR) is 153 cm³/mol. The van der Waals surface area contributed by atoms with E-state index in [2.05, 4.69) is 31.1 Å². The number of nitrogens with one attached hydrogen (secondary N) is 4. The normalized spacial score (nSPS) is 14.0. The van der Waals surface area contributed by atoms with E-state index in [9.17, 15) is 4.79 Å². The van der Waals surface area contributed by atoms with Crippen molar-refractivity contribution in [2.45, 2.75) is 25.5 Å². The third kappa shape index (κ3) is 5.47. The molecule has 2 aromatic heterocycles. The largest absolute Gasteiger partial charge is 0.488 e. The van der Waals surface area contributed by atoms with Crippen molar-refractivity contribution in [3.8, 4) is 5.75 Å². The Bertz CT molecular complexity index is 1670. The van der Waals surface area contributed by atoms with Crippen molar-refractivity contribution in [1.29, 1.82) is 0 Å². The summed E-state index contributed by atoms with van der Waals surface area (Å²) < 4.78 is 6.31. The molecule has 1 aliphatic rings. The minimum absolute atomic E-state index is 0.147. The molecule has 11 heteroatoms. The van der Waals surface area contributed by atoms with Gasteiger partial charge in [0, 0.05) is 29.2 Å². The number of aromatic nitrogens is 4. The van der Waals surface area contributed by atoms with Gasteiger partial charge >= 0.3 is 0 Å². The first-order valence-electron chi connectivity index (χ1n) is 12.6. The molecule has 1 aliphatic heterocycles.